The first kappa shape index (κ1) is 12.7. The fourth-order valence-corrected chi connectivity index (χ4v) is 4.43. The molecule has 2 saturated heterocycles. The lowest BCUT2D eigenvalue weighted by atomic mass is 9.93. The Morgan fingerprint density at radius 2 is 2.30 bits per heavy atom. The van der Waals surface area contributed by atoms with Crippen LogP contribution in [0.1, 0.15) is 24.5 Å². The maximum atomic E-state index is 5.60. The van der Waals surface area contributed by atoms with E-state index >= 15 is 0 Å². The third-order valence-electron chi connectivity index (χ3n) is 5.38. The Bertz CT molecular complexity index is 502. The lowest BCUT2D eigenvalue weighted by Gasteiger charge is -2.27. The van der Waals surface area contributed by atoms with Gasteiger partial charge >= 0.3 is 0 Å². The van der Waals surface area contributed by atoms with E-state index in [0.29, 0.717) is 0 Å². The van der Waals surface area contributed by atoms with Crippen LogP contribution < -0.4 is 10.1 Å². The zero-order valence-corrected chi connectivity index (χ0v) is 12.3. The van der Waals surface area contributed by atoms with Crippen LogP contribution in [0.25, 0.3) is 0 Å². The van der Waals surface area contributed by atoms with Gasteiger partial charge in [0.05, 0.1) is 6.61 Å². The summed E-state index contributed by atoms with van der Waals surface area (Å²) in [6, 6.07) is 7.54. The number of benzene rings is 1. The van der Waals surface area contributed by atoms with Gasteiger partial charge in [-0.25, -0.2) is 0 Å². The van der Waals surface area contributed by atoms with E-state index in [1.165, 1.54) is 37.2 Å². The predicted molar refractivity (Wildman–Crippen MR) is 80.0 cm³/mol. The van der Waals surface area contributed by atoms with Gasteiger partial charge in [0, 0.05) is 25.6 Å². The fourth-order valence-electron chi connectivity index (χ4n) is 4.43. The van der Waals surface area contributed by atoms with Crippen molar-refractivity contribution < 1.29 is 4.74 Å². The van der Waals surface area contributed by atoms with E-state index in [1.807, 2.05) is 0 Å². The van der Waals surface area contributed by atoms with Crippen molar-refractivity contribution in [3.63, 3.8) is 0 Å². The number of nitrogens with zero attached hydrogens (tertiary/aromatic N) is 1. The summed E-state index contributed by atoms with van der Waals surface area (Å²) in [5, 5.41) is 3.56. The van der Waals surface area contributed by atoms with E-state index in [9.17, 15) is 0 Å². The smallest absolute Gasteiger partial charge is 0.122 e. The van der Waals surface area contributed by atoms with Gasteiger partial charge in [-0.1, -0.05) is 19.1 Å². The number of ether oxygens (including phenoxy) is 1. The molecular formula is C17H24N2O. The Morgan fingerprint density at radius 1 is 1.35 bits per heavy atom. The van der Waals surface area contributed by atoms with Gasteiger partial charge in [0.2, 0.25) is 0 Å². The highest BCUT2D eigenvalue weighted by Crippen LogP contribution is 2.35. The van der Waals surface area contributed by atoms with E-state index in [0.717, 1.165) is 43.2 Å². The van der Waals surface area contributed by atoms with Crippen molar-refractivity contribution in [3.05, 3.63) is 29.3 Å². The van der Waals surface area contributed by atoms with Crippen molar-refractivity contribution in [3.8, 4) is 5.75 Å². The predicted octanol–water partition coefficient (Wildman–Crippen LogP) is 2.05. The van der Waals surface area contributed by atoms with Gasteiger partial charge in [-0.05, 0) is 48.5 Å². The molecule has 3 aliphatic rings. The monoisotopic (exact) mass is 272 g/mol. The number of hydrogen-bond acceptors (Lipinski definition) is 3. The first-order valence-corrected chi connectivity index (χ1v) is 8.04. The lowest BCUT2D eigenvalue weighted by molar-refractivity contribution is 0.210. The second kappa shape index (κ2) is 5.05. The van der Waals surface area contributed by atoms with Crippen LogP contribution in [-0.4, -0.2) is 37.2 Å². The highest BCUT2D eigenvalue weighted by molar-refractivity contribution is 5.39. The molecule has 0 amide bonds. The number of likely N-dealkylation sites (tertiary alicyclic amines) is 1. The molecule has 0 bridgehead atoms. The second-order valence-corrected chi connectivity index (χ2v) is 6.53. The van der Waals surface area contributed by atoms with Gasteiger partial charge in [-0.15, -0.1) is 0 Å². The molecule has 0 saturated carbocycles. The quantitative estimate of drug-likeness (QED) is 0.911. The van der Waals surface area contributed by atoms with Crippen molar-refractivity contribution in [1.82, 2.24) is 10.2 Å². The maximum Gasteiger partial charge on any atom is 0.122 e. The van der Waals surface area contributed by atoms with Crippen LogP contribution in [0, 0.1) is 11.8 Å². The summed E-state index contributed by atoms with van der Waals surface area (Å²) >= 11 is 0. The molecule has 3 unspecified atom stereocenters. The Hall–Kier alpha value is -1.06. The molecular weight excluding hydrogens is 248 g/mol. The van der Waals surface area contributed by atoms with Gasteiger partial charge in [0.15, 0.2) is 0 Å². The SMILES string of the molecule is CCC1C2CNCC2CN1Cc1ccc2c(c1)CCO2. The van der Waals surface area contributed by atoms with E-state index in [1.54, 1.807) is 0 Å². The van der Waals surface area contributed by atoms with Gasteiger partial charge in [0.1, 0.15) is 5.75 Å². The van der Waals surface area contributed by atoms with E-state index in [2.05, 4.69) is 35.3 Å². The Balaban J connectivity index is 1.51. The minimum Gasteiger partial charge on any atom is -0.493 e. The standard InChI is InChI=1S/C17H24N2O/c1-2-16-15-9-18-8-14(15)11-19(16)10-12-3-4-17-13(7-12)5-6-20-17/h3-4,7,14-16,18H,2,5-6,8-11H2,1H3. The average molecular weight is 272 g/mol. The Labute approximate surface area is 121 Å². The molecule has 1 N–H and O–H groups in total. The number of fused-ring (bicyclic) bond motifs is 2. The van der Waals surface area contributed by atoms with Gasteiger partial charge < -0.3 is 10.1 Å². The molecule has 0 aliphatic carbocycles. The Kier molecular flexibility index (Phi) is 3.20. The zero-order chi connectivity index (χ0) is 13.5. The first-order chi connectivity index (χ1) is 9.85. The molecule has 3 aliphatic heterocycles. The lowest BCUT2D eigenvalue weighted by Crippen LogP contribution is -2.34. The number of rotatable bonds is 3. The molecule has 3 heterocycles. The summed E-state index contributed by atoms with van der Waals surface area (Å²) in [5.41, 5.74) is 2.86. The number of nitrogens with one attached hydrogen (secondary N) is 1. The van der Waals surface area contributed by atoms with Gasteiger partial charge in [-0.2, -0.15) is 0 Å². The second-order valence-electron chi connectivity index (χ2n) is 6.53. The maximum absolute atomic E-state index is 5.60. The van der Waals surface area contributed by atoms with E-state index < -0.39 is 0 Å². The zero-order valence-electron chi connectivity index (χ0n) is 12.3. The molecule has 2 fully saturated rings. The van der Waals surface area contributed by atoms with Crippen LogP contribution in [0.2, 0.25) is 0 Å². The molecule has 1 aromatic rings. The van der Waals surface area contributed by atoms with Crippen molar-refractivity contribution in [2.24, 2.45) is 11.8 Å². The van der Waals surface area contributed by atoms with Crippen LogP contribution in [0.4, 0.5) is 0 Å². The first-order valence-electron chi connectivity index (χ1n) is 8.04. The van der Waals surface area contributed by atoms with Crippen LogP contribution in [0.5, 0.6) is 5.75 Å². The van der Waals surface area contributed by atoms with Crippen LogP contribution >= 0.6 is 0 Å². The molecule has 0 spiro atoms. The molecule has 3 nitrogen and oxygen atoms in total. The van der Waals surface area contributed by atoms with Gasteiger partial charge in [-0.3, -0.25) is 4.90 Å². The minimum atomic E-state index is 0.763. The summed E-state index contributed by atoms with van der Waals surface area (Å²) < 4.78 is 5.60. The summed E-state index contributed by atoms with van der Waals surface area (Å²) in [6.45, 7) is 8.01. The molecule has 4 rings (SSSR count). The third-order valence-corrected chi connectivity index (χ3v) is 5.38. The highest BCUT2D eigenvalue weighted by atomic mass is 16.5. The summed E-state index contributed by atoms with van der Waals surface area (Å²) in [5.74, 6) is 2.85. The van der Waals surface area contributed by atoms with Crippen molar-refractivity contribution in [2.75, 3.05) is 26.2 Å². The molecule has 0 aromatic heterocycles. The van der Waals surface area contributed by atoms with Crippen molar-refractivity contribution >= 4 is 0 Å². The summed E-state index contributed by atoms with van der Waals surface area (Å²) in [7, 11) is 0. The van der Waals surface area contributed by atoms with Crippen molar-refractivity contribution in [1.29, 1.82) is 0 Å². The molecule has 1 aromatic carbocycles. The summed E-state index contributed by atoms with van der Waals surface area (Å²) in [6.07, 6.45) is 2.35. The van der Waals surface area contributed by atoms with E-state index in [4.69, 9.17) is 4.74 Å². The normalized spacial score (nSPS) is 32.1. The molecule has 3 heteroatoms. The molecule has 0 radical (unpaired) electrons. The third kappa shape index (κ3) is 2.04. The van der Waals surface area contributed by atoms with Crippen LogP contribution in [0.3, 0.4) is 0 Å². The highest BCUT2D eigenvalue weighted by Gasteiger charge is 2.42. The average Bonchev–Trinajstić information content (AvgIpc) is 3.12. The van der Waals surface area contributed by atoms with Crippen LogP contribution in [-0.2, 0) is 13.0 Å². The topological polar surface area (TPSA) is 24.5 Å². The van der Waals surface area contributed by atoms with Crippen molar-refractivity contribution in [2.45, 2.75) is 32.4 Å². The summed E-state index contributed by atoms with van der Waals surface area (Å²) in [4.78, 5) is 2.72. The fraction of sp³-hybridized carbons (Fsp3) is 0.647. The number of hydrogen-bond donors (Lipinski definition) is 1. The van der Waals surface area contributed by atoms with Crippen LogP contribution in [0.15, 0.2) is 18.2 Å². The van der Waals surface area contributed by atoms with Gasteiger partial charge in [0.25, 0.3) is 0 Å². The Morgan fingerprint density at radius 3 is 3.20 bits per heavy atom. The molecule has 108 valence electrons. The molecule has 20 heavy (non-hydrogen) atoms. The van der Waals surface area contributed by atoms with E-state index in [-0.39, 0.29) is 0 Å². The minimum absolute atomic E-state index is 0.763. The largest absolute Gasteiger partial charge is 0.493 e. The molecule has 3 atom stereocenters.